The summed E-state index contributed by atoms with van der Waals surface area (Å²) in [5.41, 5.74) is 4.64. The molecule has 1 aliphatic heterocycles. The molecule has 2 rings (SSSR count). The number of halogens is 2. The molecule has 1 aliphatic rings. The first-order valence-corrected chi connectivity index (χ1v) is 6.70. The topological polar surface area (TPSA) is 50.9 Å². The molecule has 0 radical (unpaired) electrons. The number of hydrogen-bond acceptors (Lipinski definition) is 3. The number of anilines is 1. The summed E-state index contributed by atoms with van der Waals surface area (Å²) in [6, 6.07) is 1.78. The van der Waals surface area contributed by atoms with Crippen molar-refractivity contribution < 1.29 is 4.39 Å². The fourth-order valence-electron chi connectivity index (χ4n) is 2.54. The summed E-state index contributed by atoms with van der Waals surface area (Å²) in [6.07, 6.45) is 5.17. The lowest BCUT2D eigenvalue weighted by molar-refractivity contribution is 0.146. The van der Waals surface area contributed by atoms with E-state index in [2.05, 4.69) is 10.3 Å². The average Bonchev–Trinajstić information content (AvgIpc) is 2.33. The minimum Gasteiger partial charge on any atom is -0.383 e. The molecule has 5 heteroatoms. The summed E-state index contributed by atoms with van der Waals surface area (Å²) >= 11 is 5.87. The summed E-state index contributed by atoms with van der Waals surface area (Å²) in [5, 5.41) is 3.76. The molecule has 1 fully saturated rings. The summed E-state index contributed by atoms with van der Waals surface area (Å²) in [6.45, 7) is 2.51. The second-order valence-electron chi connectivity index (χ2n) is 5.13. The van der Waals surface area contributed by atoms with Crippen molar-refractivity contribution in [3.63, 3.8) is 0 Å². The number of pyridine rings is 1. The summed E-state index contributed by atoms with van der Waals surface area (Å²) in [4.78, 5) is 3.92. The maximum atomic E-state index is 14.8. The Morgan fingerprint density at radius 1 is 1.61 bits per heavy atom. The van der Waals surface area contributed by atoms with Crippen LogP contribution in [0, 0.1) is 0 Å². The highest BCUT2D eigenvalue weighted by Gasteiger charge is 2.32. The Kier molecular flexibility index (Phi) is 4.07. The van der Waals surface area contributed by atoms with Crippen LogP contribution in [0.5, 0.6) is 0 Å². The van der Waals surface area contributed by atoms with Crippen LogP contribution in [-0.4, -0.2) is 17.6 Å². The van der Waals surface area contributed by atoms with Gasteiger partial charge in [0.15, 0.2) is 0 Å². The van der Waals surface area contributed by atoms with E-state index >= 15 is 0 Å². The molecule has 0 aliphatic carbocycles. The van der Waals surface area contributed by atoms with Gasteiger partial charge in [-0.3, -0.25) is 0 Å². The molecule has 0 spiro atoms. The molecular weight excluding hydrogens is 253 g/mol. The summed E-state index contributed by atoms with van der Waals surface area (Å²) in [5.74, 6) is 0.222. The van der Waals surface area contributed by atoms with Crippen LogP contribution in [0.2, 0.25) is 5.02 Å². The van der Waals surface area contributed by atoms with E-state index in [1.807, 2.05) is 0 Å². The van der Waals surface area contributed by atoms with E-state index in [0.717, 1.165) is 19.4 Å². The van der Waals surface area contributed by atoms with Crippen LogP contribution in [0.4, 0.5) is 10.2 Å². The molecule has 1 aromatic heterocycles. The third-order valence-electron chi connectivity index (χ3n) is 3.49. The van der Waals surface area contributed by atoms with Gasteiger partial charge in [0, 0.05) is 24.2 Å². The maximum Gasteiger partial charge on any atom is 0.138 e. The predicted octanol–water partition coefficient (Wildman–Crippen LogP) is 3.03. The van der Waals surface area contributed by atoms with Crippen molar-refractivity contribution in [2.45, 2.75) is 44.3 Å². The Morgan fingerprint density at radius 3 is 3.06 bits per heavy atom. The number of alkyl halides is 1. The first-order valence-electron chi connectivity index (χ1n) is 6.33. The lowest BCUT2D eigenvalue weighted by Crippen LogP contribution is -2.38. The fourth-order valence-corrected chi connectivity index (χ4v) is 2.70. The molecule has 2 unspecified atom stereocenters. The summed E-state index contributed by atoms with van der Waals surface area (Å²) < 4.78 is 14.8. The first-order chi connectivity index (χ1) is 8.49. The molecule has 1 saturated heterocycles. The van der Waals surface area contributed by atoms with Crippen molar-refractivity contribution in [3.8, 4) is 0 Å². The normalized spacial score (nSPS) is 23.6. The minimum atomic E-state index is -1.50. The molecule has 0 aromatic carbocycles. The Morgan fingerprint density at radius 2 is 2.39 bits per heavy atom. The first kappa shape index (κ1) is 13.6. The van der Waals surface area contributed by atoms with Crippen LogP contribution in [0.25, 0.3) is 0 Å². The van der Waals surface area contributed by atoms with Crippen molar-refractivity contribution in [1.29, 1.82) is 0 Å². The molecule has 100 valence electrons. The highest BCUT2D eigenvalue weighted by molar-refractivity contribution is 6.30. The van der Waals surface area contributed by atoms with Crippen LogP contribution in [-0.2, 0) is 5.67 Å². The number of aromatic nitrogens is 1. The second-order valence-corrected chi connectivity index (χ2v) is 5.57. The van der Waals surface area contributed by atoms with Gasteiger partial charge in [0.2, 0.25) is 0 Å². The lowest BCUT2D eigenvalue weighted by Gasteiger charge is -2.30. The molecule has 0 saturated carbocycles. The Balaban J connectivity index is 2.15. The molecule has 2 heterocycles. The molecule has 3 nitrogen and oxygen atoms in total. The largest absolute Gasteiger partial charge is 0.383 e. The maximum absolute atomic E-state index is 14.8. The van der Waals surface area contributed by atoms with Crippen molar-refractivity contribution in [2.24, 2.45) is 0 Å². The van der Waals surface area contributed by atoms with E-state index in [0.29, 0.717) is 17.0 Å². The third-order valence-corrected chi connectivity index (χ3v) is 3.70. The quantitative estimate of drug-likeness (QED) is 0.888. The zero-order valence-corrected chi connectivity index (χ0v) is 11.3. The van der Waals surface area contributed by atoms with Crippen molar-refractivity contribution in [2.75, 3.05) is 12.3 Å². The average molecular weight is 272 g/mol. The number of piperidine rings is 1. The zero-order chi connectivity index (χ0) is 13.2. The van der Waals surface area contributed by atoms with Crippen molar-refractivity contribution in [1.82, 2.24) is 10.3 Å². The van der Waals surface area contributed by atoms with E-state index < -0.39 is 5.67 Å². The zero-order valence-electron chi connectivity index (χ0n) is 10.5. The van der Waals surface area contributed by atoms with Gasteiger partial charge >= 0.3 is 0 Å². The second kappa shape index (κ2) is 5.41. The Labute approximate surface area is 112 Å². The van der Waals surface area contributed by atoms with E-state index in [-0.39, 0.29) is 11.9 Å². The van der Waals surface area contributed by atoms with Crippen LogP contribution in [0.3, 0.4) is 0 Å². The van der Waals surface area contributed by atoms with Gasteiger partial charge < -0.3 is 11.1 Å². The van der Waals surface area contributed by atoms with Crippen molar-refractivity contribution in [3.05, 3.63) is 22.8 Å². The standard InChI is InChI=1S/C13H19ClFN3/c1-13(15,7-10-4-2-3-5-17-10)11-6-9(14)8-18-12(11)16/h6,8,10,17H,2-5,7H2,1H3,(H2,16,18). The van der Waals surface area contributed by atoms with Gasteiger partial charge in [-0.05, 0) is 32.4 Å². The Bertz CT molecular complexity index is 417. The molecule has 3 N–H and O–H groups in total. The molecule has 0 bridgehead atoms. The van der Waals surface area contributed by atoms with E-state index in [1.165, 1.54) is 12.6 Å². The highest BCUT2D eigenvalue weighted by Crippen LogP contribution is 2.36. The number of nitrogens with zero attached hydrogens (tertiary/aromatic N) is 1. The van der Waals surface area contributed by atoms with Gasteiger partial charge in [0.25, 0.3) is 0 Å². The number of nitrogen functional groups attached to an aromatic ring is 1. The van der Waals surface area contributed by atoms with Gasteiger partial charge in [-0.2, -0.15) is 0 Å². The SMILES string of the molecule is CC(F)(CC1CCCCN1)c1cc(Cl)cnc1N. The van der Waals surface area contributed by atoms with Gasteiger partial charge in [-0.25, -0.2) is 9.37 Å². The van der Waals surface area contributed by atoms with Crippen LogP contribution >= 0.6 is 11.6 Å². The summed E-state index contributed by atoms with van der Waals surface area (Å²) in [7, 11) is 0. The molecule has 2 atom stereocenters. The molecule has 0 amide bonds. The molecule has 1 aromatic rings. The third kappa shape index (κ3) is 3.12. The van der Waals surface area contributed by atoms with Crippen LogP contribution in [0.1, 0.15) is 38.2 Å². The van der Waals surface area contributed by atoms with Gasteiger partial charge in [-0.15, -0.1) is 0 Å². The van der Waals surface area contributed by atoms with Gasteiger partial charge in [-0.1, -0.05) is 18.0 Å². The highest BCUT2D eigenvalue weighted by atomic mass is 35.5. The fraction of sp³-hybridized carbons (Fsp3) is 0.615. The monoisotopic (exact) mass is 271 g/mol. The van der Waals surface area contributed by atoms with Crippen LogP contribution in [0.15, 0.2) is 12.3 Å². The van der Waals surface area contributed by atoms with Gasteiger partial charge in [0.05, 0.1) is 5.02 Å². The van der Waals surface area contributed by atoms with E-state index in [1.54, 1.807) is 13.0 Å². The van der Waals surface area contributed by atoms with Crippen molar-refractivity contribution >= 4 is 17.4 Å². The number of nitrogens with two attached hydrogens (primary N) is 1. The lowest BCUT2D eigenvalue weighted by atomic mass is 9.88. The Hall–Kier alpha value is -0.870. The predicted molar refractivity (Wildman–Crippen MR) is 72.4 cm³/mol. The molecular formula is C13H19ClFN3. The molecule has 18 heavy (non-hydrogen) atoms. The number of nitrogens with one attached hydrogen (secondary N) is 1. The van der Waals surface area contributed by atoms with Crippen LogP contribution < -0.4 is 11.1 Å². The van der Waals surface area contributed by atoms with E-state index in [9.17, 15) is 4.39 Å². The smallest absolute Gasteiger partial charge is 0.138 e. The number of rotatable bonds is 3. The van der Waals surface area contributed by atoms with Gasteiger partial charge in [0.1, 0.15) is 11.5 Å². The minimum absolute atomic E-state index is 0.201. The number of hydrogen-bond donors (Lipinski definition) is 2. The van der Waals surface area contributed by atoms with E-state index in [4.69, 9.17) is 17.3 Å².